The SMILES string of the molecule is CCOC=O.O=Cc1ccc(C2CC2)o1. The first-order valence-corrected chi connectivity index (χ1v) is 4.92. The molecule has 0 radical (unpaired) electrons. The van der Waals surface area contributed by atoms with Gasteiger partial charge in [0, 0.05) is 5.92 Å². The highest BCUT2D eigenvalue weighted by Crippen LogP contribution is 2.40. The van der Waals surface area contributed by atoms with Crippen LogP contribution in [-0.2, 0) is 9.53 Å². The Bertz CT molecular complexity index is 312. The molecule has 1 aliphatic carbocycles. The van der Waals surface area contributed by atoms with E-state index >= 15 is 0 Å². The Balaban J connectivity index is 0.000000195. The van der Waals surface area contributed by atoms with Crippen LogP contribution in [-0.4, -0.2) is 19.4 Å². The summed E-state index contributed by atoms with van der Waals surface area (Å²) in [5.41, 5.74) is 0. The van der Waals surface area contributed by atoms with Crippen LogP contribution in [0, 0.1) is 0 Å². The molecule has 0 aromatic carbocycles. The molecule has 1 fully saturated rings. The molecular formula is C11H14O4. The van der Waals surface area contributed by atoms with Crippen LogP contribution in [0.2, 0.25) is 0 Å². The average Bonchev–Trinajstić information content (AvgIpc) is 2.99. The van der Waals surface area contributed by atoms with Gasteiger partial charge < -0.3 is 9.15 Å². The van der Waals surface area contributed by atoms with Crippen molar-refractivity contribution in [3.05, 3.63) is 23.7 Å². The van der Waals surface area contributed by atoms with Crippen molar-refractivity contribution >= 4 is 12.8 Å². The highest BCUT2D eigenvalue weighted by Gasteiger charge is 2.26. The topological polar surface area (TPSA) is 56.5 Å². The third-order valence-electron chi connectivity index (χ3n) is 1.98. The van der Waals surface area contributed by atoms with Crippen LogP contribution < -0.4 is 0 Å². The van der Waals surface area contributed by atoms with Crippen molar-refractivity contribution in [2.24, 2.45) is 0 Å². The van der Waals surface area contributed by atoms with E-state index in [2.05, 4.69) is 4.74 Å². The molecule has 1 aromatic heterocycles. The van der Waals surface area contributed by atoms with Gasteiger partial charge in [0.2, 0.25) is 0 Å². The highest BCUT2D eigenvalue weighted by molar-refractivity contribution is 5.70. The minimum absolute atomic E-state index is 0.431. The fourth-order valence-corrected chi connectivity index (χ4v) is 1.09. The molecule has 0 bridgehead atoms. The van der Waals surface area contributed by atoms with Crippen molar-refractivity contribution < 1.29 is 18.7 Å². The minimum atomic E-state index is 0.431. The van der Waals surface area contributed by atoms with E-state index < -0.39 is 0 Å². The first kappa shape index (κ1) is 11.5. The smallest absolute Gasteiger partial charge is 0.293 e. The lowest BCUT2D eigenvalue weighted by Crippen LogP contribution is -1.80. The molecule has 0 unspecified atom stereocenters. The molecule has 15 heavy (non-hydrogen) atoms. The van der Waals surface area contributed by atoms with Gasteiger partial charge in [0.25, 0.3) is 6.47 Å². The highest BCUT2D eigenvalue weighted by atomic mass is 16.5. The van der Waals surface area contributed by atoms with Gasteiger partial charge >= 0.3 is 0 Å². The van der Waals surface area contributed by atoms with E-state index in [-0.39, 0.29) is 0 Å². The van der Waals surface area contributed by atoms with Gasteiger partial charge in [0.1, 0.15) is 5.76 Å². The van der Waals surface area contributed by atoms with Gasteiger partial charge in [-0.25, -0.2) is 0 Å². The summed E-state index contributed by atoms with van der Waals surface area (Å²) in [6.45, 7) is 2.66. The number of hydrogen-bond acceptors (Lipinski definition) is 4. The van der Waals surface area contributed by atoms with E-state index in [1.54, 1.807) is 13.0 Å². The maximum atomic E-state index is 10.2. The van der Waals surface area contributed by atoms with Crippen LogP contribution in [0.1, 0.15) is 42.0 Å². The van der Waals surface area contributed by atoms with Crippen LogP contribution in [0.25, 0.3) is 0 Å². The van der Waals surface area contributed by atoms with E-state index in [0.29, 0.717) is 24.8 Å². The number of carbonyl (C=O) groups excluding carboxylic acids is 2. The van der Waals surface area contributed by atoms with Gasteiger partial charge in [-0.2, -0.15) is 0 Å². The lowest BCUT2D eigenvalue weighted by Gasteiger charge is -1.85. The molecule has 0 amide bonds. The Morgan fingerprint density at radius 2 is 2.20 bits per heavy atom. The van der Waals surface area contributed by atoms with Crippen LogP contribution in [0.4, 0.5) is 0 Å². The van der Waals surface area contributed by atoms with E-state index in [1.165, 1.54) is 12.8 Å². The van der Waals surface area contributed by atoms with Crippen molar-refractivity contribution in [3.63, 3.8) is 0 Å². The normalized spacial score (nSPS) is 13.7. The van der Waals surface area contributed by atoms with Gasteiger partial charge in [0.15, 0.2) is 12.0 Å². The predicted octanol–water partition coefficient (Wildman–Crippen LogP) is 2.15. The third-order valence-corrected chi connectivity index (χ3v) is 1.98. The second kappa shape index (κ2) is 6.01. The van der Waals surface area contributed by atoms with Crippen LogP contribution in [0.5, 0.6) is 0 Å². The minimum Gasteiger partial charge on any atom is -0.468 e. The van der Waals surface area contributed by atoms with Crippen LogP contribution in [0.15, 0.2) is 16.5 Å². The summed E-state index contributed by atoms with van der Waals surface area (Å²) in [4.78, 5) is 19.4. The molecule has 4 nitrogen and oxygen atoms in total. The largest absolute Gasteiger partial charge is 0.468 e. The number of rotatable bonds is 4. The second-order valence-corrected chi connectivity index (χ2v) is 3.18. The molecule has 1 saturated carbocycles. The molecule has 0 aliphatic heterocycles. The van der Waals surface area contributed by atoms with E-state index in [9.17, 15) is 9.59 Å². The summed E-state index contributed by atoms with van der Waals surface area (Å²) in [5, 5.41) is 0. The van der Waals surface area contributed by atoms with Gasteiger partial charge in [0.05, 0.1) is 6.61 Å². The summed E-state index contributed by atoms with van der Waals surface area (Å²) in [6, 6.07) is 3.61. The standard InChI is InChI=1S/C8H8O2.C3H6O2/c9-5-7-3-4-8(10-7)6-1-2-6;1-2-5-3-4/h3-6H,1-2H2;3H,2H2,1H3. The van der Waals surface area contributed by atoms with Gasteiger partial charge in [-0.1, -0.05) is 0 Å². The summed E-state index contributed by atoms with van der Waals surface area (Å²) >= 11 is 0. The molecule has 0 N–H and O–H groups in total. The summed E-state index contributed by atoms with van der Waals surface area (Å²) in [7, 11) is 0. The first-order chi connectivity index (χ1) is 7.31. The molecule has 0 saturated heterocycles. The lowest BCUT2D eigenvalue weighted by atomic mass is 10.3. The summed E-state index contributed by atoms with van der Waals surface area (Å²) < 4.78 is 9.34. The molecule has 0 spiro atoms. The quantitative estimate of drug-likeness (QED) is 0.714. The van der Waals surface area contributed by atoms with E-state index in [4.69, 9.17) is 4.42 Å². The number of hydrogen-bond donors (Lipinski definition) is 0. The Hall–Kier alpha value is -1.58. The van der Waals surface area contributed by atoms with Crippen molar-refractivity contribution in [2.45, 2.75) is 25.7 Å². The molecule has 82 valence electrons. The molecular weight excluding hydrogens is 196 g/mol. The Labute approximate surface area is 88.2 Å². The maximum Gasteiger partial charge on any atom is 0.293 e. The number of furan rings is 1. The molecule has 0 atom stereocenters. The zero-order valence-electron chi connectivity index (χ0n) is 8.64. The first-order valence-electron chi connectivity index (χ1n) is 4.92. The van der Waals surface area contributed by atoms with Crippen molar-refractivity contribution in [2.75, 3.05) is 6.61 Å². The van der Waals surface area contributed by atoms with Gasteiger partial charge in [-0.3, -0.25) is 9.59 Å². The molecule has 2 rings (SSSR count). The van der Waals surface area contributed by atoms with Crippen LogP contribution in [0.3, 0.4) is 0 Å². The third kappa shape index (κ3) is 3.97. The Morgan fingerprint density at radius 1 is 1.47 bits per heavy atom. The maximum absolute atomic E-state index is 10.2. The average molecular weight is 210 g/mol. The summed E-state index contributed by atoms with van der Waals surface area (Å²) in [5.74, 6) is 2.03. The molecule has 1 aromatic rings. The Morgan fingerprint density at radius 3 is 2.53 bits per heavy atom. The van der Waals surface area contributed by atoms with Crippen molar-refractivity contribution in [1.82, 2.24) is 0 Å². The number of ether oxygens (including phenoxy) is 1. The predicted molar refractivity (Wildman–Crippen MR) is 53.8 cm³/mol. The fourth-order valence-electron chi connectivity index (χ4n) is 1.09. The number of carbonyl (C=O) groups is 2. The monoisotopic (exact) mass is 210 g/mol. The van der Waals surface area contributed by atoms with Crippen molar-refractivity contribution in [3.8, 4) is 0 Å². The van der Waals surface area contributed by atoms with Crippen molar-refractivity contribution in [1.29, 1.82) is 0 Å². The van der Waals surface area contributed by atoms with Gasteiger partial charge in [-0.05, 0) is 31.9 Å². The molecule has 1 aliphatic rings. The number of aldehydes is 1. The zero-order valence-corrected chi connectivity index (χ0v) is 8.64. The van der Waals surface area contributed by atoms with E-state index in [1.807, 2.05) is 6.07 Å². The summed E-state index contributed by atoms with van der Waals surface area (Å²) in [6.07, 6.45) is 3.17. The zero-order chi connectivity index (χ0) is 11.1. The molecule has 4 heteroatoms. The van der Waals surface area contributed by atoms with E-state index in [0.717, 1.165) is 12.0 Å². The molecule has 1 heterocycles. The lowest BCUT2D eigenvalue weighted by molar-refractivity contribution is -0.128. The van der Waals surface area contributed by atoms with Crippen LogP contribution >= 0.6 is 0 Å². The second-order valence-electron chi connectivity index (χ2n) is 3.18. The van der Waals surface area contributed by atoms with Gasteiger partial charge in [-0.15, -0.1) is 0 Å². The fraction of sp³-hybridized carbons (Fsp3) is 0.455. The Kier molecular flexibility index (Phi) is 4.60.